The average molecular weight is 126 g/mol. The lowest BCUT2D eigenvalue weighted by molar-refractivity contribution is 0.0235. The Hall–Kier alpha value is -0.0400. The maximum Gasteiger partial charge on any atom is 0.0675 e. The highest BCUT2D eigenvalue weighted by molar-refractivity contribution is 4.96. The second-order valence-electron chi connectivity index (χ2n) is 3.58. The van der Waals surface area contributed by atoms with Gasteiger partial charge in [0.15, 0.2) is 0 Å². The molecule has 0 spiro atoms. The summed E-state index contributed by atoms with van der Waals surface area (Å²) in [6.45, 7) is 0. The predicted octanol–water partition coefficient (Wildman–Crippen LogP) is 1.70. The number of hydrogen-bond acceptors (Lipinski definition) is 1. The van der Waals surface area contributed by atoms with Crippen LogP contribution in [0.3, 0.4) is 0 Å². The minimum Gasteiger partial charge on any atom is -0.390 e. The fraction of sp³-hybridized carbons (Fsp3) is 1.00. The van der Waals surface area contributed by atoms with Crippen molar-refractivity contribution in [3.05, 3.63) is 0 Å². The van der Waals surface area contributed by atoms with Gasteiger partial charge in [0.25, 0.3) is 0 Å². The number of aliphatic hydroxyl groups is 1. The van der Waals surface area contributed by atoms with E-state index >= 15 is 0 Å². The van der Waals surface area contributed by atoms with E-state index < -0.39 is 0 Å². The van der Waals surface area contributed by atoms with Gasteiger partial charge in [0.1, 0.15) is 0 Å². The maximum atomic E-state index is 9.83. The monoisotopic (exact) mass is 126 g/mol. The molecule has 9 heavy (non-hydrogen) atoms. The molecule has 1 heteroatoms. The Morgan fingerprint density at radius 3 is 2.11 bits per heavy atom. The number of hydrogen-bond donors (Lipinski definition) is 1. The van der Waals surface area contributed by atoms with Crippen LogP contribution in [0, 0.1) is 5.92 Å². The first-order valence-corrected chi connectivity index (χ1v) is 4.04. The lowest BCUT2D eigenvalue weighted by Gasteiger charge is -2.21. The molecule has 0 amide bonds. The lowest BCUT2D eigenvalue weighted by atomic mass is 9.95. The van der Waals surface area contributed by atoms with Crippen LogP contribution in [0.5, 0.6) is 0 Å². The first-order chi connectivity index (χ1) is 4.31. The Balaban J connectivity index is 2.17. The summed E-state index contributed by atoms with van der Waals surface area (Å²) in [5, 5.41) is 9.83. The Morgan fingerprint density at radius 2 is 1.67 bits per heavy atom. The molecule has 52 valence electrons. The van der Waals surface area contributed by atoms with Crippen molar-refractivity contribution < 1.29 is 5.11 Å². The SMILES string of the molecule is OC12CCCC1CCC2. The lowest BCUT2D eigenvalue weighted by Crippen LogP contribution is -2.26. The molecule has 0 aromatic rings. The highest BCUT2D eigenvalue weighted by Gasteiger charge is 2.44. The molecule has 0 aromatic carbocycles. The molecular weight excluding hydrogens is 112 g/mol. The molecule has 1 N–H and O–H groups in total. The Morgan fingerprint density at radius 1 is 1.11 bits per heavy atom. The zero-order valence-electron chi connectivity index (χ0n) is 5.77. The molecule has 2 aliphatic rings. The van der Waals surface area contributed by atoms with Crippen LogP contribution in [0.15, 0.2) is 0 Å². The first-order valence-electron chi connectivity index (χ1n) is 4.04. The topological polar surface area (TPSA) is 20.2 Å². The molecule has 1 nitrogen and oxygen atoms in total. The van der Waals surface area contributed by atoms with E-state index in [1.807, 2.05) is 0 Å². The van der Waals surface area contributed by atoms with Gasteiger partial charge in [0, 0.05) is 0 Å². The van der Waals surface area contributed by atoms with E-state index in [1.165, 1.54) is 25.7 Å². The van der Waals surface area contributed by atoms with Crippen molar-refractivity contribution in [3.63, 3.8) is 0 Å². The van der Waals surface area contributed by atoms with Crippen LogP contribution in [0.25, 0.3) is 0 Å². The van der Waals surface area contributed by atoms with Crippen LogP contribution in [-0.2, 0) is 0 Å². The van der Waals surface area contributed by atoms with Gasteiger partial charge >= 0.3 is 0 Å². The molecule has 2 saturated carbocycles. The third kappa shape index (κ3) is 0.710. The molecule has 0 bridgehead atoms. The molecule has 2 rings (SSSR count). The second-order valence-corrected chi connectivity index (χ2v) is 3.58. The summed E-state index contributed by atoms with van der Waals surface area (Å²) in [5.41, 5.74) is -0.194. The first kappa shape index (κ1) is 5.72. The number of fused-ring (bicyclic) bond motifs is 1. The van der Waals surface area contributed by atoms with Crippen molar-refractivity contribution in [1.82, 2.24) is 0 Å². The smallest absolute Gasteiger partial charge is 0.0675 e. The van der Waals surface area contributed by atoms with Gasteiger partial charge in [-0.25, -0.2) is 0 Å². The van der Waals surface area contributed by atoms with Crippen molar-refractivity contribution in [1.29, 1.82) is 0 Å². The molecule has 0 aromatic heterocycles. The third-order valence-electron chi connectivity index (χ3n) is 3.08. The molecule has 0 aliphatic heterocycles. The zero-order valence-corrected chi connectivity index (χ0v) is 5.77. The molecule has 2 aliphatic carbocycles. The van der Waals surface area contributed by atoms with E-state index in [0.29, 0.717) is 5.92 Å². The minimum atomic E-state index is -0.194. The van der Waals surface area contributed by atoms with E-state index in [-0.39, 0.29) is 5.60 Å². The van der Waals surface area contributed by atoms with Crippen molar-refractivity contribution in [2.45, 2.75) is 44.1 Å². The van der Waals surface area contributed by atoms with E-state index in [4.69, 9.17) is 0 Å². The van der Waals surface area contributed by atoms with Gasteiger partial charge in [0.2, 0.25) is 0 Å². The molecule has 0 atom stereocenters. The van der Waals surface area contributed by atoms with Crippen LogP contribution >= 0.6 is 0 Å². The van der Waals surface area contributed by atoms with Crippen molar-refractivity contribution >= 4 is 0 Å². The summed E-state index contributed by atoms with van der Waals surface area (Å²) >= 11 is 0. The van der Waals surface area contributed by atoms with E-state index in [0.717, 1.165) is 12.8 Å². The minimum absolute atomic E-state index is 0.194. The molecule has 0 unspecified atom stereocenters. The predicted molar refractivity (Wildman–Crippen MR) is 36.1 cm³/mol. The van der Waals surface area contributed by atoms with Gasteiger partial charge in [-0.3, -0.25) is 0 Å². The fourth-order valence-electron chi connectivity index (χ4n) is 2.52. The summed E-state index contributed by atoms with van der Waals surface area (Å²) < 4.78 is 0. The van der Waals surface area contributed by atoms with E-state index in [1.54, 1.807) is 0 Å². The van der Waals surface area contributed by atoms with Crippen LogP contribution in [0.2, 0.25) is 0 Å². The quantitative estimate of drug-likeness (QED) is 0.523. The van der Waals surface area contributed by atoms with Gasteiger partial charge in [0.05, 0.1) is 5.60 Å². The average Bonchev–Trinajstić information content (AvgIpc) is 2.22. The fourth-order valence-corrected chi connectivity index (χ4v) is 2.52. The standard InChI is InChI=1S/C8H14O/c9-8-5-1-3-7(8)4-2-6-8/h7,9H,1-6H2. The van der Waals surface area contributed by atoms with E-state index in [2.05, 4.69) is 0 Å². The van der Waals surface area contributed by atoms with Gasteiger partial charge in [-0.2, -0.15) is 0 Å². The zero-order chi connectivity index (χ0) is 6.32. The van der Waals surface area contributed by atoms with E-state index in [9.17, 15) is 5.11 Å². The molecule has 0 heterocycles. The Bertz CT molecular complexity index is 110. The molecule has 2 fully saturated rings. The summed E-state index contributed by atoms with van der Waals surface area (Å²) in [7, 11) is 0. The van der Waals surface area contributed by atoms with Crippen LogP contribution in [0.4, 0.5) is 0 Å². The maximum absolute atomic E-state index is 9.83. The summed E-state index contributed by atoms with van der Waals surface area (Å²) in [6, 6.07) is 0. The van der Waals surface area contributed by atoms with Gasteiger partial charge in [-0.15, -0.1) is 0 Å². The Kier molecular flexibility index (Phi) is 1.10. The van der Waals surface area contributed by atoms with Crippen molar-refractivity contribution in [3.8, 4) is 0 Å². The Labute approximate surface area is 56.1 Å². The van der Waals surface area contributed by atoms with Crippen molar-refractivity contribution in [2.24, 2.45) is 5.92 Å². The van der Waals surface area contributed by atoms with Crippen LogP contribution in [-0.4, -0.2) is 10.7 Å². The summed E-state index contributed by atoms with van der Waals surface area (Å²) in [5.74, 6) is 0.678. The normalized spacial score (nSPS) is 49.7. The summed E-state index contributed by atoms with van der Waals surface area (Å²) in [4.78, 5) is 0. The van der Waals surface area contributed by atoms with Crippen molar-refractivity contribution in [2.75, 3.05) is 0 Å². The largest absolute Gasteiger partial charge is 0.390 e. The molecule has 0 saturated heterocycles. The van der Waals surface area contributed by atoms with Gasteiger partial charge in [-0.05, 0) is 31.6 Å². The second kappa shape index (κ2) is 1.72. The summed E-state index contributed by atoms with van der Waals surface area (Å²) in [6.07, 6.45) is 7.27. The van der Waals surface area contributed by atoms with Crippen LogP contribution < -0.4 is 0 Å². The highest BCUT2D eigenvalue weighted by Crippen LogP contribution is 2.46. The molecule has 0 radical (unpaired) electrons. The molecular formula is C8H14O. The third-order valence-corrected chi connectivity index (χ3v) is 3.08. The highest BCUT2D eigenvalue weighted by atomic mass is 16.3. The van der Waals surface area contributed by atoms with Gasteiger partial charge < -0.3 is 5.11 Å². The number of rotatable bonds is 0. The van der Waals surface area contributed by atoms with Gasteiger partial charge in [-0.1, -0.05) is 12.8 Å². The van der Waals surface area contributed by atoms with Crippen LogP contribution in [0.1, 0.15) is 38.5 Å².